The first kappa shape index (κ1) is 19.8. The number of amides is 1. The lowest BCUT2D eigenvalue weighted by atomic mass is 9.91. The molecule has 7 heteroatoms. The van der Waals surface area contributed by atoms with Gasteiger partial charge in [-0.2, -0.15) is 4.31 Å². The molecule has 0 radical (unpaired) electrons. The highest BCUT2D eigenvalue weighted by molar-refractivity contribution is 7.88. The Morgan fingerprint density at radius 1 is 1.08 bits per heavy atom. The molecule has 0 bridgehead atoms. The second-order valence-corrected chi connectivity index (χ2v) is 9.72. The summed E-state index contributed by atoms with van der Waals surface area (Å²) in [5.41, 5.74) is 0.476. The van der Waals surface area contributed by atoms with Crippen molar-refractivity contribution in [2.75, 3.05) is 26.2 Å². The molecule has 5 nitrogen and oxygen atoms in total. The third-order valence-electron chi connectivity index (χ3n) is 4.14. The fraction of sp³-hybridized carbons (Fsp3) is 0.611. The van der Waals surface area contributed by atoms with E-state index in [9.17, 15) is 17.6 Å². The van der Waals surface area contributed by atoms with E-state index in [0.717, 1.165) is 0 Å². The van der Waals surface area contributed by atoms with Crippen LogP contribution in [0.3, 0.4) is 0 Å². The van der Waals surface area contributed by atoms with Crippen molar-refractivity contribution in [2.45, 2.75) is 39.4 Å². The summed E-state index contributed by atoms with van der Waals surface area (Å²) in [5.74, 6) is -0.461. The summed E-state index contributed by atoms with van der Waals surface area (Å²) < 4.78 is 39.7. The van der Waals surface area contributed by atoms with E-state index in [1.54, 1.807) is 4.90 Å². The van der Waals surface area contributed by atoms with Crippen LogP contribution in [0.2, 0.25) is 0 Å². The van der Waals surface area contributed by atoms with E-state index in [4.69, 9.17) is 0 Å². The zero-order valence-electron chi connectivity index (χ0n) is 15.2. The maximum Gasteiger partial charge on any atom is 0.223 e. The molecule has 1 aromatic rings. The number of hydrogen-bond donors (Lipinski definition) is 0. The summed E-state index contributed by atoms with van der Waals surface area (Å²) in [6.45, 7) is 7.75. The van der Waals surface area contributed by atoms with Crippen LogP contribution in [0.25, 0.3) is 0 Å². The Labute approximate surface area is 149 Å². The Bertz CT molecular complexity index is 696. The molecule has 25 heavy (non-hydrogen) atoms. The van der Waals surface area contributed by atoms with Gasteiger partial charge in [0.1, 0.15) is 5.82 Å². The predicted molar refractivity (Wildman–Crippen MR) is 95.9 cm³/mol. The van der Waals surface area contributed by atoms with Gasteiger partial charge in [0.05, 0.1) is 5.75 Å². The Morgan fingerprint density at radius 3 is 2.32 bits per heavy atom. The molecule has 0 spiro atoms. The second kappa shape index (κ2) is 7.83. The van der Waals surface area contributed by atoms with Crippen molar-refractivity contribution < 1.29 is 17.6 Å². The first-order chi connectivity index (χ1) is 11.6. The predicted octanol–water partition coefficient (Wildman–Crippen LogP) is 2.63. The molecule has 2 rings (SSSR count). The Kier molecular flexibility index (Phi) is 6.21. The van der Waals surface area contributed by atoms with Crippen molar-refractivity contribution in [3.8, 4) is 0 Å². The molecule has 0 saturated carbocycles. The third kappa shape index (κ3) is 6.08. The Morgan fingerprint density at radius 2 is 1.72 bits per heavy atom. The van der Waals surface area contributed by atoms with Gasteiger partial charge in [0.25, 0.3) is 0 Å². The van der Waals surface area contributed by atoms with E-state index in [0.29, 0.717) is 44.6 Å². The maximum absolute atomic E-state index is 13.0. The average Bonchev–Trinajstić information content (AvgIpc) is 2.74. The van der Waals surface area contributed by atoms with Gasteiger partial charge in [-0.1, -0.05) is 32.9 Å². The molecule has 1 saturated heterocycles. The van der Waals surface area contributed by atoms with E-state index >= 15 is 0 Å². The van der Waals surface area contributed by atoms with Gasteiger partial charge in [-0.15, -0.1) is 0 Å². The van der Waals surface area contributed by atoms with Gasteiger partial charge in [-0.25, -0.2) is 12.8 Å². The molecule has 0 unspecified atom stereocenters. The molecule has 1 fully saturated rings. The molecular formula is C18H27FN2O3S. The lowest BCUT2D eigenvalue weighted by Gasteiger charge is -2.25. The van der Waals surface area contributed by atoms with E-state index in [-0.39, 0.29) is 22.9 Å². The first-order valence-corrected chi connectivity index (χ1v) is 10.2. The fourth-order valence-electron chi connectivity index (χ4n) is 2.87. The Balaban J connectivity index is 1.99. The van der Waals surface area contributed by atoms with Gasteiger partial charge >= 0.3 is 0 Å². The molecule has 1 heterocycles. The highest BCUT2D eigenvalue weighted by Gasteiger charge is 2.28. The van der Waals surface area contributed by atoms with Gasteiger partial charge in [-0.3, -0.25) is 4.79 Å². The van der Waals surface area contributed by atoms with Gasteiger partial charge < -0.3 is 4.90 Å². The fourth-order valence-corrected chi connectivity index (χ4v) is 4.43. The summed E-state index contributed by atoms with van der Waals surface area (Å²) in [6.07, 6.45) is 1.08. The summed E-state index contributed by atoms with van der Waals surface area (Å²) >= 11 is 0. The maximum atomic E-state index is 13.0. The van der Waals surface area contributed by atoms with E-state index in [1.807, 2.05) is 20.8 Å². The number of carbonyl (C=O) groups is 1. The van der Waals surface area contributed by atoms with E-state index < -0.39 is 10.0 Å². The van der Waals surface area contributed by atoms with Gasteiger partial charge in [0.2, 0.25) is 15.9 Å². The second-order valence-electron chi connectivity index (χ2n) is 7.75. The molecule has 0 aromatic heterocycles. The normalized spacial score (nSPS) is 17.4. The van der Waals surface area contributed by atoms with Crippen LogP contribution < -0.4 is 0 Å². The number of nitrogens with zero attached hydrogens (tertiary/aromatic N) is 2. The summed E-state index contributed by atoms with van der Waals surface area (Å²) in [7, 11) is -3.48. The smallest absolute Gasteiger partial charge is 0.223 e. The summed E-state index contributed by atoms with van der Waals surface area (Å²) in [6, 6.07) is 5.51. The zero-order valence-corrected chi connectivity index (χ0v) is 16.0. The molecule has 0 atom stereocenters. The molecule has 140 valence electrons. The molecule has 1 aliphatic rings. The van der Waals surface area contributed by atoms with Crippen LogP contribution in [-0.4, -0.2) is 49.7 Å². The van der Waals surface area contributed by atoms with E-state index in [2.05, 4.69) is 0 Å². The van der Waals surface area contributed by atoms with Crippen molar-refractivity contribution in [2.24, 2.45) is 5.41 Å². The SMILES string of the molecule is CC(C)(C)CC(=O)N1CCCN(S(=O)(=O)Cc2ccc(F)cc2)CC1. The molecule has 1 aliphatic heterocycles. The quantitative estimate of drug-likeness (QED) is 0.819. The number of hydrogen-bond acceptors (Lipinski definition) is 3. The lowest BCUT2D eigenvalue weighted by molar-refractivity contribution is -0.132. The Hall–Kier alpha value is -1.47. The molecule has 0 N–H and O–H groups in total. The van der Waals surface area contributed by atoms with Gasteiger partial charge in [0, 0.05) is 32.6 Å². The van der Waals surface area contributed by atoms with Gasteiger partial charge in [0.15, 0.2) is 0 Å². The highest BCUT2D eigenvalue weighted by atomic mass is 32.2. The van der Waals surface area contributed by atoms with Gasteiger partial charge in [-0.05, 0) is 29.5 Å². The monoisotopic (exact) mass is 370 g/mol. The van der Waals surface area contributed by atoms with Crippen molar-refractivity contribution >= 4 is 15.9 Å². The molecule has 0 aliphatic carbocycles. The van der Waals surface area contributed by atoms with Crippen LogP contribution in [0, 0.1) is 11.2 Å². The van der Waals surface area contributed by atoms with Crippen molar-refractivity contribution in [1.82, 2.24) is 9.21 Å². The van der Waals surface area contributed by atoms with Crippen LogP contribution in [0.5, 0.6) is 0 Å². The van der Waals surface area contributed by atoms with Crippen LogP contribution in [-0.2, 0) is 20.6 Å². The zero-order chi connectivity index (χ0) is 18.7. The number of rotatable bonds is 4. The van der Waals surface area contributed by atoms with Crippen LogP contribution in [0.4, 0.5) is 4.39 Å². The number of benzene rings is 1. The largest absolute Gasteiger partial charge is 0.341 e. The third-order valence-corrected chi connectivity index (χ3v) is 5.99. The summed E-state index contributed by atoms with van der Waals surface area (Å²) in [4.78, 5) is 14.1. The van der Waals surface area contributed by atoms with Crippen molar-refractivity contribution in [1.29, 1.82) is 0 Å². The minimum absolute atomic E-state index is 0.0743. The standard InChI is InChI=1S/C18H27FN2O3S/c1-18(2,3)13-17(22)20-9-4-10-21(12-11-20)25(23,24)14-15-5-7-16(19)8-6-15/h5-8H,4,9-14H2,1-3H3. The first-order valence-electron chi connectivity index (χ1n) is 8.57. The van der Waals surface area contributed by atoms with Crippen molar-refractivity contribution in [3.05, 3.63) is 35.6 Å². The molecule has 1 amide bonds. The minimum Gasteiger partial charge on any atom is -0.341 e. The topological polar surface area (TPSA) is 57.7 Å². The number of halogens is 1. The summed E-state index contributed by atoms with van der Waals surface area (Å²) in [5, 5.41) is 0. The highest BCUT2D eigenvalue weighted by Crippen LogP contribution is 2.21. The molecule has 1 aromatic carbocycles. The van der Waals surface area contributed by atoms with E-state index in [1.165, 1.54) is 28.6 Å². The van der Waals surface area contributed by atoms with Crippen LogP contribution >= 0.6 is 0 Å². The number of carbonyl (C=O) groups excluding carboxylic acids is 1. The number of sulfonamides is 1. The van der Waals surface area contributed by atoms with Crippen molar-refractivity contribution in [3.63, 3.8) is 0 Å². The van der Waals surface area contributed by atoms with Crippen LogP contribution in [0.1, 0.15) is 39.2 Å². The lowest BCUT2D eigenvalue weighted by Crippen LogP contribution is -2.38. The van der Waals surface area contributed by atoms with Crippen LogP contribution in [0.15, 0.2) is 24.3 Å². The minimum atomic E-state index is -3.48. The average molecular weight is 370 g/mol. The molecular weight excluding hydrogens is 343 g/mol.